The van der Waals surface area contributed by atoms with Crippen molar-refractivity contribution in [3.05, 3.63) is 58.0 Å². The largest absolute Gasteiger partial charge is 0.490 e. The van der Waals surface area contributed by atoms with Gasteiger partial charge in [0.2, 0.25) is 0 Å². The first-order chi connectivity index (χ1) is 13.9. The summed E-state index contributed by atoms with van der Waals surface area (Å²) in [5, 5.41) is 8.72. The molecule has 0 unspecified atom stereocenters. The van der Waals surface area contributed by atoms with Gasteiger partial charge in [-0.3, -0.25) is 9.69 Å². The lowest BCUT2D eigenvalue weighted by atomic mass is 10.1. The second kappa shape index (κ2) is 9.12. The standard InChI is InChI=1S/C22H20N2O3S2/c1-4-26-19-12-16(6-8-18(19)27-10-9-23)13-20-21(25)24(22(28)29-20)17-7-5-14(2)15(3)11-17/h5-8,11-13H,4,10H2,1-3H3/b20-13-. The molecule has 0 bridgehead atoms. The van der Waals surface area contributed by atoms with Crippen molar-refractivity contribution < 1.29 is 14.3 Å². The van der Waals surface area contributed by atoms with Crippen LogP contribution in [0, 0.1) is 25.2 Å². The van der Waals surface area contributed by atoms with Crippen molar-refractivity contribution >= 4 is 46.0 Å². The van der Waals surface area contributed by atoms with E-state index in [2.05, 4.69) is 0 Å². The van der Waals surface area contributed by atoms with Crippen molar-refractivity contribution in [2.45, 2.75) is 20.8 Å². The van der Waals surface area contributed by atoms with E-state index < -0.39 is 0 Å². The molecule has 1 fully saturated rings. The minimum absolute atomic E-state index is 0.0615. The normalized spacial score (nSPS) is 15.0. The smallest absolute Gasteiger partial charge is 0.270 e. The van der Waals surface area contributed by atoms with Gasteiger partial charge in [-0.2, -0.15) is 5.26 Å². The van der Waals surface area contributed by atoms with Crippen molar-refractivity contribution in [1.82, 2.24) is 0 Å². The molecule has 3 rings (SSSR count). The van der Waals surface area contributed by atoms with E-state index in [0.717, 1.165) is 22.4 Å². The Morgan fingerprint density at radius 1 is 1.14 bits per heavy atom. The van der Waals surface area contributed by atoms with E-state index in [9.17, 15) is 4.79 Å². The molecule has 1 saturated heterocycles. The predicted molar refractivity (Wildman–Crippen MR) is 120 cm³/mol. The van der Waals surface area contributed by atoms with Gasteiger partial charge < -0.3 is 9.47 Å². The van der Waals surface area contributed by atoms with Crippen molar-refractivity contribution in [2.75, 3.05) is 18.1 Å². The minimum Gasteiger partial charge on any atom is -0.490 e. The lowest BCUT2D eigenvalue weighted by Gasteiger charge is -2.16. The van der Waals surface area contributed by atoms with Crippen LogP contribution in [0.3, 0.4) is 0 Å². The van der Waals surface area contributed by atoms with Gasteiger partial charge in [-0.05, 0) is 67.8 Å². The summed E-state index contributed by atoms with van der Waals surface area (Å²) < 4.78 is 11.5. The Balaban J connectivity index is 1.89. The maximum absolute atomic E-state index is 13.0. The molecule has 0 spiro atoms. The van der Waals surface area contributed by atoms with Gasteiger partial charge in [-0.15, -0.1) is 0 Å². The molecule has 0 atom stereocenters. The Morgan fingerprint density at radius 3 is 2.62 bits per heavy atom. The molecule has 2 aromatic carbocycles. The van der Waals surface area contributed by atoms with Crippen LogP contribution in [0.4, 0.5) is 5.69 Å². The van der Waals surface area contributed by atoms with Gasteiger partial charge in [0.1, 0.15) is 6.07 Å². The first-order valence-electron chi connectivity index (χ1n) is 9.06. The van der Waals surface area contributed by atoms with Crippen LogP contribution in [-0.2, 0) is 4.79 Å². The zero-order valence-electron chi connectivity index (χ0n) is 16.4. The Morgan fingerprint density at radius 2 is 1.93 bits per heavy atom. The van der Waals surface area contributed by atoms with E-state index in [1.807, 2.05) is 51.1 Å². The number of carbonyl (C=O) groups excluding carboxylic acids is 1. The number of benzene rings is 2. The highest BCUT2D eigenvalue weighted by Crippen LogP contribution is 2.37. The maximum atomic E-state index is 13.0. The van der Waals surface area contributed by atoms with Gasteiger partial charge in [0.15, 0.2) is 22.4 Å². The molecular formula is C22H20N2O3S2. The molecule has 0 aliphatic carbocycles. The summed E-state index contributed by atoms with van der Waals surface area (Å²) in [4.78, 5) is 15.1. The van der Waals surface area contributed by atoms with E-state index in [4.69, 9.17) is 27.0 Å². The van der Waals surface area contributed by atoms with Crippen molar-refractivity contribution in [2.24, 2.45) is 0 Å². The Kier molecular flexibility index (Phi) is 6.57. The highest BCUT2D eigenvalue weighted by molar-refractivity contribution is 8.27. The predicted octanol–water partition coefficient (Wildman–Crippen LogP) is 5.01. The quantitative estimate of drug-likeness (QED) is 0.480. The fourth-order valence-electron chi connectivity index (χ4n) is 2.82. The van der Waals surface area contributed by atoms with Crippen molar-refractivity contribution in [3.8, 4) is 17.6 Å². The fraction of sp³-hybridized carbons (Fsp3) is 0.227. The lowest BCUT2D eigenvalue weighted by Crippen LogP contribution is -2.27. The van der Waals surface area contributed by atoms with Gasteiger partial charge >= 0.3 is 0 Å². The minimum atomic E-state index is -0.147. The first kappa shape index (κ1) is 20.9. The number of amides is 1. The second-order valence-electron chi connectivity index (χ2n) is 6.37. The number of nitriles is 1. The van der Waals surface area contributed by atoms with Crippen LogP contribution >= 0.6 is 24.0 Å². The summed E-state index contributed by atoms with van der Waals surface area (Å²) in [7, 11) is 0. The van der Waals surface area contributed by atoms with E-state index in [1.54, 1.807) is 23.1 Å². The van der Waals surface area contributed by atoms with Crippen LogP contribution in [0.2, 0.25) is 0 Å². The van der Waals surface area contributed by atoms with E-state index in [1.165, 1.54) is 11.8 Å². The number of thioether (sulfide) groups is 1. The van der Waals surface area contributed by atoms with Crippen LogP contribution in [0.25, 0.3) is 6.08 Å². The number of carbonyl (C=O) groups is 1. The number of aryl methyl sites for hydroxylation is 2. The third kappa shape index (κ3) is 4.61. The number of ether oxygens (including phenoxy) is 2. The summed E-state index contributed by atoms with van der Waals surface area (Å²) in [6, 6.07) is 13.1. The summed E-state index contributed by atoms with van der Waals surface area (Å²) >= 11 is 6.73. The zero-order valence-corrected chi connectivity index (χ0v) is 18.0. The number of hydrogen-bond donors (Lipinski definition) is 0. The molecule has 0 N–H and O–H groups in total. The van der Waals surface area contributed by atoms with Gasteiger partial charge in [-0.25, -0.2) is 0 Å². The molecular weight excluding hydrogens is 404 g/mol. The van der Waals surface area contributed by atoms with Crippen molar-refractivity contribution in [1.29, 1.82) is 5.26 Å². The molecule has 2 aromatic rings. The highest BCUT2D eigenvalue weighted by Gasteiger charge is 2.33. The molecule has 1 heterocycles. The molecule has 1 aliphatic heterocycles. The molecule has 5 nitrogen and oxygen atoms in total. The molecule has 1 aliphatic rings. The Labute approximate surface area is 179 Å². The van der Waals surface area contributed by atoms with Crippen LogP contribution < -0.4 is 14.4 Å². The molecule has 0 aromatic heterocycles. The van der Waals surface area contributed by atoms with Gasteiger partial charge in [0.05, 0.1) is 17.2 Å². The molecule has 148 valence electrons. The number of rotatable bonds is 6. The Bertz CT molecular complexity index is 1040. The average Bonchev–Trinajstić information content (AvgIpc) is 2.97. The van der Waals surface area contributed by atoms with Gasteiger partial charge in [0, 0.05) is 0 Å². The highest BCUT2D eigenvalue weighted by atomic mass is 32.2. The summed E-state index contributed by atoms with van der Waals surface area (Å²) in [6.07, 6.45) is 1.79. The monoisotopic (exact) mass is 424 g/mol. The van der Waals surface area contributed by atoms with E-state index in [0.29, 0.717) is 27.3 Å². The fourth-order valence-corrected chi connectivity index (χ4v) is 4.12. The van der Waals surface area contributed by atoms with Crippen LogP contribution in [-0.4, -0.2) is 23.4 Å². The molecule has 7 heteroatoms. The third-order valence-electron chi connectivity index (χ3n) is 4.40. The summed E-state index contributed by atoms with van der Waals surface area (Å²) in [5.74, 6) is 0.875. The summed E-state index contributed by atoms with van der Waals surface area (Å²) in [6.45, 7) is 6.31. The molecule has 29 heavy (non-hydrogen) atoms. The average molecular weight is 425 g/mol. The number of thiocarbonyl (C=S) groups is 1. The number of anilines is 1. The molecule has 0 radical (unpaired) electrons. The van der Waals surface area contributed by atoms with E-state index in [-0.39, 0.29) is 12.5 Å². The molecule has 0 saturated carbocycles. The maximum Gasteiger partial charge on any atom is 0.270 e. The van der Waals surface area contributed by atoms with E-state index >= 15 is 0 Å². The number of nitrogens with zero attached hydrogens (tertiary/aromatic N) is 2. The first-order valence-corrected chi connectivity index (χ1v) is 10.3. The summed E-state index contributed by atoms with van der Waals surface area (Å²) in [5.41, 5.74) is 3.83. The van der Waals surface area contributed by atoms with Crippen LogP contribution in [0.5, 0.6) is 11.5 Å². The van der Waals surface area contributed by atoms with Crippen molar-refractivity contribution in [3.63, 3.8) is 0 Å². The zero-order chi connectivity index (χ0) is 21.0. The number of hydrogen-bond acceptors (Lipinski definition) is 6. The Hall–Kier alpha value is -2.82. The molecule has 1 amide bonds. The third-order valence-corrected chi connectivity index (χ3v) is 5.70. The van der Waals surface area contributed by atoms with Crippen LogP contribution in [0.15, 0.2) is 41.3 Å². The lowest BCUT2D eigenvalue weighted by molar-refractivity contribution is -0.113. The second-order valence-corrected chi connectivity index (χ2v) is 8.05. The van der Waals surface area contributed by atoms with Gasteiger partial charge in [0.25, 0.3) is 5.91 Å². The topological polar surface area (TPSA) is 62.6 Å². The van der Waals surface area contributed by atoms with Gasteiger partial charge in [-0.1, -0.05) is 36.1 Å². The SMILES string of the molecule is CCOc1cc(/C=C2\SC(=S)N(c3ccc(C)c(C)c3)C2=O)ccc1OCC#N. The van der Waals surface area contributed by atoms with Crippen LogP contribution in [0.1, 0.15) is 23.6 Å².